The van der Waals surface area contributed by atoms with Crippen molar-refractivity contribution in [2.45, 2.75) is 13.5 Å². The molecule has 1 heterocycles. The molecule has 0 aliphatic rings. The van der Waals surface area contributed by atoms with Gasteiger partial charge in [-0.2, -0.15) is 0 Å². The van der Waals surface area contributed by atoms with Gasteiger partial charge in [-0.25, -0.2) is 4.99 Å². The second kappa shape index (κ2) is 12.0. The summed E-state index contributed by atoms with van der Waals surface area (Å²) in [5.41, 5.74) is 1.83. The van der Waals surface area contributed by atoms with Crippen molar-refractivity contribution >= 4 is 41.3 Å². The normalized spacial score (nSPS) is 10.6. The molecule has 1 aromatic heterocycles. The van der Waals surface area contributed by atoms with Crippen molar-refractivity contribution in [2.75, 3.05) is 25.0 Å². The van der Waals surface area contributed by atoms with Crippen LogP contribution in [0.25, 0.3) is 0 Å². The average molecular weight is 470 g/mol. The molecular weight excluding hydrogens is 447 g/mol. The number of benzene rings is 1. The number of halogens is 1. The number of nitrogens with one attached hydrogen (secondary N) is 3. The molecule has 0 atom stereocenters. The van der Waals surface area contributed by atoms with Gasteiger partial charge in [-0.15, -0.1) is 24.0 Å². The van der Waals surface area contributed by atoms with E-state index in [0.29, 0.717) is 19.6 Å². The second-order valence-electron chi connectivity index (χ2n) is 5.17. The lowest BCUT2D eigenvalue weighted by atomic mass is 10.3. The van der Waals surface area contributed by atoms with E-state index in [1.165, 1.54) is 12.1 Å². The zero-order valence-electron chi connectivity index (χ0n) is 14.5. The summed E-state index contributed by atoms with van der Waals surface area (Å²) in [6.07, 6.45) is 1.75. The first-order valence-corrected chi connectivity index (χ1v) is 8.09. The number of pyridine rings is 1. The van der Waals surface area contributed by atoms with Crippen molar-refractivity contribution < 1.29 is 4.92 Å². The largest absolute Gasteiger partial charge is 0.383 e. The number of nitro benzene ring substituents is 1. The highest BCUT2D eigenvalue weighted by Crippen LogP contribution is 2.14. The first-order chi connectivity index (χ1) is 12.2. The van der Waals surface area contributed by atoms with E-state index in [9.17, 15) is 10.1 Å². The van der Waals surface area contributed by atoms with Crippen LogP contribution in [0.3, 0.4) is 0 Å². The summed E-state index contributed by atoms with van der Waals surface area (Å²) in [6, 6.07) is 12.1. The fourth-order valence-corrected chi connectivity index (χ4v) is 2.08. The molecule has 0 aliphatic heterocycles. The van der Waals surface area contributed by atoms with Crippen LogP contribution < -0.4 is 16.0 Å². The molecule has 0 radical (unpaired) electrons. The van der Waals surface area contributed by atoms with Crippen molar-refractivity contribution in [1.82, 2.24) is 15.6 Å². The van der Waals surface area contributed by atoms with Crippen LogP contribution in [-0.2, 0) is 6.54 Å². The molecule has 0 aliphatic carbocycles. The van der Waals surface area contributed by atoms with E-state index < -0.39 is 4.92 Å². The Hall–Kier alpha value is -2.43. The Kier molecular flexibility index (Phi) is 9.98. The number of hydrogen-bond donors (Lipinski definition) is 3. The minimum Gasteiger partial charge on any atom is -0.383 e. The van der Waals surface area contributed by atoms with Crippen LogP contribution in [-0.4, -0.2) is 35.5 Å². The summed E-state index contributed by atoms with van der Waals surface area (Å²) in [6.45, 7) is 4.60. The maximum Gasteiger partial charge on any atom is 0.269 e. The number of guanidine groups is 1. The van der Waals surface area contributed by atoms with Crippen molar-refractivity contribution in [3.8, 4) is 0 Å². The lowest BCUT2D eigenvalue weighted by Gasteiger charge is -2.12. The first kappa shape index (κ1) is 21.6. The minimum absolute atomic E-state index is 0. The molecule has 0 amide bonds. The average Bonchev–Trinajstić information content (AvgIpc) is 2.64. The fraction of sp³-hybridized carbons (Fsp3) is 0.294. The Bertz CT molecular complexity index is 694. The fourth-order valence-electron chi connectivity index (χ4n) is 2.08. The number of hydrogen-bond acceptors (Lipinski definition) is 5. The predicted molar refractivity (Wildman–Crippen MR) is 114 cm³/mol. The highest BCUT2D eigenvalue weighted by Gasteiger charge is 2.03. The number of anilines is 1. The van der Waals surface area contributed by atoms with E-state index in [1.807, 2.05) is 25.1 Å². The topological polar surface area (TPSA) is 104 Å². The van der Waals surface area contributed by atoms with Crippen molar-refractivity contribution in [1.29, 1.82) is 0 Å². The van der Waals surface area contributed by atoms with Gasteiger partial charge in [0.2, 0.25) is 0 Å². The van der Waals surface area contributed by atoms with Crippen molar-refractivity contribution in [3.05, 3.63) is 64.5 Å². The van der Waals surface area contributed by atoms with Crippen LogP contribution >= 0.6 is 24.0 Å². The molecule has 140 valence electrons. The van der Waals surface area contributed by atoms with Crippen LogP contribution in [0, 0.1) is 10.1 Å². The van der Waals surface area contributed by atoms with Gasteiger partial charge in [-0.1, -0.05) is 6.07 Å². The van der Waals surface area contributed by atoms with Crippen LogP contribution in [0.1, 0.15) is 12.6 Å². The number of nitro groups is 1. The van der Waals surface area contributed by atoms with E-state index in [-0.39, 0.29) is 29.7 Å². The number of aliphatic imine (C=N–C) groups is 1. The molecule has 3 N–H and O–H groups in total. The Morgan fingerprint density at radius 2 is 1.92 bits per heavy atom. The van der Waals surface area contributed by atoms with Gasteiger partial charge in [0, 0.05) is 43.7 Å². The van der Waals surface area contributed by atoms with E-state index in [2.05, 4.69) is 25.9 Å². The van der Waals surface area contributed by atoms with Crippen LogP contribution in [0.5, 0.6) is 0 Å². The highest BCUT2D eigenvalue weighted by molar-refractivity contribution is 14.0. The summed E-state index contributed by atoms with van der Waals surface area (Å²) in [7, 11) is 0. The zero-order chi connectivity index (χ0) is 17.9. The van der Waals surface area contributed by atoms with Gasteiger partial charge < -0.3 is 16.0 Å². The predicted octanol–water partition coefficient (Wildman–Crippen LogP) is 2.78. The van der Waals surface area contributed by atoms with E-state index in [0.717, 1.165) is 23.9 Å². The van der Waals surface area contributed by atoms with Crippen LogP contribution in [0.2, 0.25) is 0 Å². The molecule has 0 fully saturated rings. The number of nitrogens with zero attached hydrogens (tertiary/aromatic N) is 3. The zero-order valence-corrected chi connectivity index (χ0v) is 16.8. The monoisotopic (exact) mass is 470 g/mol. The van der Waals surface area contributed by atoms with Gasteiger partial charge in [0.05, 0.1) is 17.2 Å². The Labute approximate surface area is 169 Å². The quantitative estimate of drug-likeness (QED) is 0.137. The highest BCUT2D eigenvalue weighted by atomic mass is 127. The van der Waals surface area contributed by atoms with Crippen LogP contribution in [0.4, 0.5) is 11.4 Å². The molecule has 0 saturated carbocycles. The van der Waals surface area contributed by atoms with E-state index in [1.54, 1.807) is 18.3 Å². The SMILES string of the molecule is CCNC(=NCc1ccccn1)NCCNc1ccc([N+](=O)[O-])cc1.I. The third-order valence-electron chi connectivity index (χ3n) is 3.29. The summed E-state index contributed by atoms with van der Waals surface area (Å²) >= 11 is 0. The second-order valence-corrected chi connectivity index (χ2v) is 5.17. The third kappa shape index (κ3) is 7.64. The molecule has 0 spiro atoms. The lowest BCUT2D eigenvalue weighted by molar-refractivity contribution is -0.384. The first-order valence-electron chi connectivity index (χ1n) is 8.09. The molecular formula is C17H23IN6O2. The summed E-state index contributed by atoms with van der Waals surface area (Å²) in [5.74, 6) is 0.721. The number of rotatable bonds is 8. The van der Waals surface area contributed by atoms with Crippen molar-refractivity contribution in [2.24, 2.45) is 4.99 Å². The number of non-ortho nitro benzene ring substituents is 1. The molecule has 0 saturated heterocycles. The Balaban J connectivity index is 0.00000338. The third-order valence-corrected chi connectivity index (χ3v) is 3.29. The van der Waals surface area contributed by atoms with Gasteiger partial charge in [-0.3, -0.25) is 15.1 Å². The molecule has 2 aromatic rings. The van der Waals surface area contributed by atoms with Gasteiger partial charge in [0.1, 0.15) is 0 Å². The molecule has 2 rings (SSSR count). The van der Waals surface area contributed by atoms with Gasteiger partial charge in [0.15, 0.2) is 5.96 Å². The minimum atomic E-state index is -0.411. The van der Waals surface area contributed by atoms with E-state index in [4.69, 9.17) is 0 Å². The molecule has 8 nitrogen and oxygen atoms in total. The van der Waals surface area contributed by atoms with Crippen LogP contribution in [0.15, 0.2) is 53.7 Å². The lowest BCUT2D eigenvalue weighted by Crippen LogP contribution is -2.39. The smallest absolute Gasteiger partial charge is 0.269 e. The van der Waals surface area contributed by atoms with Crippen molar-refractivity contribution in [3.63, 3.8) is 0 Å². The molecule has 0 unspecified atom stereocenters. The Morgan fingerprint density at radius 3 is 2.54 bits per heavy atom. The molecule has 26 heavy (non-hydrogen) atoms. The Morgan fingerprint density at radius 1 is 1.15 bits per heavy atom. The van der Waals surface area contributed by atoms with E-state index >= 15 is 0 Å². The standard InChI is InChI=1S/C17H22N6O2.HI/c1-2-18-17(22-13-15-5-3-4-10-19-15)21-12-11-20-14-6-8-16(9-7-14)23(24)25;/h3-10,20H,2,11-13H2,1H3,(H2,18,21,22);1H. The summed E-state index contributed by atoms with van der Waals surface area (Å²) in [4.78, 5) is 18.9. The van der Waals surface area contributed by atoms with Gasteiger partial charge >= 0.3 is 0 Å². The summed E-state index contributed by atoms with van der Waals surface area (Å²) in [5, 5.41) is 20.2. The van der Waals surface area contributed by atoms with Gasteiger partial charge in [-0.05, 0) is 31.2 Å². The molecule has 9 heteroatoms. The maximum atomic E-state index is 10.6. The molecule has 0 bridgehead atoms. The molecule has 1 aromatic carbocycles. The maximum absolute atomic E-state index is 10.6. The number of aromatic nitrogens is 1. The van der Waals surface area contributed by atoms with Gasteiger partial charge in [0.25, 0.3) is 5.69 Å². The summed E-state index contributed by atoms with van der Waals surface area (Å²) < 4.78 is 0.